The summed E-state index contributed by atoms with van der Waals surface area (Å²) in [6, 6.07) is 0. The van der Waals surface area contributed by atoms with E-state index in [4.69, 9.17) is 9.47 Å². The molecule has 0 rings (SSSR count). The molecule has 0 aromatic carbocycles. The minimum atomic E-state index is 0.499. The van der Waals surface area contributed by atoms with E-state index >= 15 is 0 Å². The van der Waals surface area contributed by atoms with Gasteiger partial charge in [-0.1, -0.05) is 52.4 Å². The van der Waals surface area contributed by atoms with Crippen molar-refractivity contribution in [3.63, 3.8) is 0 Å². The summed E-state index contributed by atoms with van der Waals surface area (Å²) < 4.78 is 11.0. The van der Waals surface area contributed by atoms with E-state index in [9.17, 15) is 0 Å². The Labute approximate surface area is 114 Å². The van der Waals surface area contributed by atoms with Crippen LogP contribution in [0.15, 0.2) is 0 Å². The van der Waals surface area contributed by atoms with E-state index in [1.807, 2.05) is 0 Å². The van der Waals surface area contributed by atoms with E-state index in [1.54, 1.807) is 7.11 Å². The van der Waals surface area contributed by atoms with Gasteiger partial charge in [0.15, 0.2) is 0 Å². The Balaban J connectivity index is 3.45. The Hall–Kier alpha value is -0.0800. The van der Waals surface area contributed by atoms with Gasteiger partial charge in [0.25, 0.3) is 0 Å². The SMILES string of the molecule is CCCCCCCC(CCC)OCCCCOC. The first-order valence-corrected chi connectivity index (χ1v) is 7.95. The highest BCUT2D eigenvalue weighted by molar-refractivity contribution is 4.58. The normalized spacial score (nSPS) is 12.8. The molecule has 0 fully saturated rings. The molecule has 0 spiro atoms. The fourth-order valence-electron chi connectivity index (χ4n) is 2.21. The lowest BCUT2D eigenvalue weighted by molar-refractivity contribution is 0.0343. The van der Waals surface area contributed by atoms with Crippen molar-refractivity contribution in [2.75, 3.05) is 20.3 Å². The van der Waals surface area contributed by atoms with Crippen molar-refractivity contribution in [2.24, 2.45) is 0 Å². The summed E-state index contributed by atoms with van der Waals surface area (Å²) >= 11 is 0. The third-order valence-electron chi connectivity index (χ3n) is 3.34. The summed E-state index contributed by atoms with van der Waals surface area (Å²) in [6.45, 7) is 6.28. The fraction of sp³-hybridized carbons (Fsp3) is 1.00. The Morgan fingerprint density at radius 2 is 1.44 bits per heavy atom. The molecule has 0 amide bonds. The topological polar surface area (TPSA) is 18.5 Å². The van der Waals surface area contributed by atoms with Gasteiger partial charge in [-0.15, -0.1) is 0 Å². The standard InChI is InChI=1S/C16H34O2/c1-4-6-7-8-9-13-16(12-5-2)18-15-11-10-14-17-3/h16H,4-15H2,1-3H3. The average Bonchev–Trinajstić information content (AvgIpc) is 2.38. The molecule has 0 bridgehead atoms. The van der Waals surface area contributed by atoms with Crippen molar-refractivity contribution >= 4 is 0 Å². The van der Waals surface area contributed by atoms with Crippen LogP contribution in [0.4, 0.5) is 0 Å². The number of rotatable bonds is 14. The van der Waals surface area contributed by atoms with Crippen LogP contribution in [0.2, 0.25) is 0 Å². The Morgan fingerprint density at radius 1 is 0.722 bits per heavy atom. The van der Waals surface area contributed by atoms with E-state index in [-0.39, 0.29) is 0 Å². The van der Waals surface area contributed by atoms with Crippen LogP contribution < -0.4 is 0 Å². The number of unbranched alkanes of at least 4 members (excludes halogenated alkanes) is 5. The molecular weight excluding hydrogens is 224 g/mol. The van der Waals surface area contributed by atoms with Gasteiger partial charge < -0.3 is 9.47 Å². The quantitative estimate of drug-likeness (QED) is 0.410. The molecule has 18 heavy (non-hydrogen) atoms. The first-order valence-electron chi connectivity index (χ1n) is 7.95. The largest absolute Gasteiger partial charge is 0.385 e. The predicted octanol–water partition coefficient (Wildman–Crippen LogP) is 4.96. The second-order valence-electron chi connectivity index (χ2n) is 5.18. The molecule has 0 aromatic heterocycles. The molecule has 0 aliphatic rings. The van der Waals surface area contributed by atoms with Crippen LogP contribution in [0.5, 0.6) is 0 Å². The fourth-order valence-corrected chi connectivity index (χ4v) is 2.21. The van der Waals surface area contributed by atoms with E-state index < -0.39 is 0 Å². The molecule has 2 nitrogen and oxygen atoms in total. The average molecular weight is 258 g/mol. The van der Waals surface area contributed by atoms with Gasteiger partial charge in [-0.05, 0) is 25.7 Å². The van der Waals surface area contributed by atoms with E-state index in [1.165, 1.54) is 51.4 Å². The predicted molar refractivity (Wildman–Crippen MR) is 79.1 cm³/mol. The molecule has 0 heterocycles. The zero-order valence-electron chi connectivity index (χ0n) is 12.9. The molecule has 0 saturated heterocycles. The van der Waals surface area contributed by atoms with Crippen LogP contribution in [0.1, 0.15) is 78.1 Å². The van der Waals surface area contributed by atoms with Gasteiger partial charge in [0.05, 0.1) is 6.10 Å². The third-order valence-corrected chi connectivity index (χ3v) is 3.34. The summed E-state index contributed by atoms with van der Waals surface area (Å²) in [5, 5.41) is 0. The van der Waals surface area contributed by atoms with Crippen LogP contribution >= 0.6 is 0 Å². The maximum atomic E-state index is 5.98. The lowest BCUT2D eigenvalue weighted by atomic mass is 10.1. The highest BCUT2D eigenvalue weighted by atomic mass is 16.5. The summed E-state index contributed by atoms with van der Waals surface area (Å²) in [5.74, 6) is 0. The highest BCUT2D eigenvalue weighted by Crippen LogP contribution is 2.14. The van der Waals surface area contributed by atoms with Gasteiger partial charge in [0.1, 0.15) is 0 Å². The molecule has 0 radical (unpaired) electrons. The third kappa shape index (κ3) is 12.4. The van der Waals surface area contributed by atoms with Crippen molar-refractivity contribution < 1.29 is 9.47 Å². The molecule has 110 valence electrons. The number of ether oxygens (including phenoxy) is 2. The Morgan fingerprint density at radius 3 is 2.11 bits per heavy atom. The smallest absolute Gasteiger partial charge is 0.0575 e. The van der Waals surface area contributed by atoms with E-state index in [2.05, 4.69) is 13.8 Å². The molecule has 0 aromatic rings. The van der Waals surface area contributed by atoms with Crippen molar-refractivity contribution in [3.8, 4) is 0 Å². The second kappa shape index (κ2) is 15.0. The molecule has 0 aliphatic carbocycles. The van der Waals surface area contributed by atoms with Crippen molar-refractivity contribution in [3.05, 3.63) is 0 Å². The maximum absolute atomic E-state index is 5.98. The van der Waals surface area contributed by atoms with Gasteiger partial charge in [-0.25, -0.2) is 0 Å². The van der Waals surface area contributed by atoms with E-state index in [0.717, 1.165) is 26.1 Å². The maximum Gasteiger partial charge on any atom is 0.0575 e. The Kier molecular flexibility index (Phi) is 14.9. The zero-order chi connectivity index (χ0) is 13.5. The summed E-state index contributed by atoms with van der Waals surface area (Å²) in [5.41, 5.74) is 0. The number of methoxy groups -OCH3 is 1. The van der Waals surface area contributed by atoms with Gasteiger partial charge in [0, 0.05) is 20.3 Å². The Bertz CT molecular complexity index is 134. The van der Waals surface area contributed by atoms with Crippen molar-refractivity contribution in [1.29, 1.82) is 0 Å². The number of hydrogen-bond donors (Lipinski definition) is 0. The minimum Gasteiger partial charge on any atom is -0.385 e. The summed E-state index contributed by atoms with van der Waals surface area (Å²) in [4.78, 5) is 0. The lowest BCUT2D eigenvalue weighted by Gasteiger charge is -2.17. The van der Waals surface area contributed by atoms with Crippen LogP contribution in [0.25, 0.3) is 0 Å². The van der Waals surface area contributed by atoms with Gasteiger partial charge in [-0.3, -0.25) is 0 Å². The molecule has 0 N–H and O–H groups in total. The minimum absolute atomic E-state index is 0.499. The molecule has 0 aliphatic heterocycles. The summed E-state index contributed by atoms with van der Waals surface area (Å²) in [6.07, 6.45) is 13.3. The van der Waals surface area contributed by atoms with Crippen molar-refractivity contribution in [1.82, 2.24) is 0 Å². The van der Waals surface area contributed by atoms with Crippen LogP contribution in [-0.4, -0.2) is 26.4 Å². The van der Waals surface area contributed by atoms with E-state index in [0.29, 0.717) is 6.10 Å². The zero-order valence-corrected chi connectivity index (χ0v) is 12.9. The molecule has 1 unspecified atom stereocenters. The molecule has 1 atom stereocenters. The molecule has 2 heteroatoms. The monoisotopic (exact) mass is 258 g/mol. The highest BCUT2D eigenvalue weighted by Gasteiger charge is 2.07. The number of hydrogen-bond acceptors (Lipinski definition) is 2. The van der Waals surface area contributed by atoms with Crippen LogP contribution in [0, 0.1) is 0 Å². The van der Waals surface area contributed by atoms with Crippen molar-refractivity contribution in [2.45, 2.75) is 84.2 Å². The molecule has 0 saturated carbocycles. The van der Waals surface area contributed by atoms with Crippen LogP contribution in [-0.2, 0) is 9.47 Å². The lowest BCUT2D eigenvalue weighted by Crippen LogP contribution is -2.14. The van der Waals surface area contributed by atoms with Gasteiger partial charge >= 0.3 is 0 Å². The summed E-state index contributed by atoms with van der Waals surface area (Å²) in [7, 11) is 1.76. The second-order valence-corrected chi connectivity index (χ2v) is 5.18. The first kappa shape index (κ1) is 17.9. The first-order chi connectivity index (χ1) is 8.85. The molecular formula is C16H34O2. The van der Waals surface area contributed by atoms with Gasteiger partial charge in [-0.2, -0.15) is 0 Å². The van der Waals surface area contributed by atoms with Gasteiger partial charge in [0.2, 0.25) is 0 Å². The van der Waals surface area contributed by atoms with Crippen LogP contribution in [0.3, 0.4) is 0 Å².